The van der Waals surface area contributed by atoms with Gasteiger partial charge in [0, 0.05) is 16.3 Å². The van der Waals surface area contributed by atoms with E-state index in [1.807, 2.05) is 0 Å². The minimum atomic E-state index is -0.920. The van der Waals surface area contributed by atoms with Gasteiger partial charge in [0.15, 0.2) is 0 Å². The summed E-state index contributed by atoms with van der Waals surface area (Å²) in [6, 6.07) is 14.2. The second kappa shape index (κ2) is 7.96. The van der Waals surface area contributed by atoms with Crippen LogP contribution in [0.25, 0.3) is 5.76 Å². The summed E-state index contributed by atoms with van der Waals surface area (Å²) >= 11 is 5.99. The maximum absolute atomic E-state index is 13.1. The Labute approximate surface area is 184 Å². The van der Waals surface area contributed by atoms with Gasteiger partial charge in [-0.05, 0) is 74.0 Å². The molecule has 6 nitrogen and oxygen atoms in total. The summed E-state index contributed by atoms with van der Waals surface area (Å²) in [6.45, 7) is 3.56. The Hall–Kier alpha value is -3.51. The van der Waals surface area contributed by atoms with Gasteiger partial charge in [0.05, 0.1) is 12.7 Å². The van der Waals surface area contributed by atoms with Gasteiger partial charge in [-0.25, -0.2) is 0 Å². The third kappa shape index (κ3) is 3.59. The summed E-state index contributed by atoms with van der Waals surface area (Å²) in [5, 5.41) is 11.7. The lowest BCUT2D eigenvalue weighted by Crippen LogP contribution is -2.29. The summed E-state index contributed by atoms with van der Waals surface area (Å²) in [5.41, 5.74) is 1.56. The van der Waals surface area contributed by atoms with E-state index in [0.717, 1.165) is 0 Å². The number of ether oxygens (including phenoxy) is 1. The van der Waals surface area contributed by atoms with Crippen LogP contribution in [0.15, 0.2) is 64.6 Å². The highest BCUT2D eigenvalue weighted by atomic mass is 35.5. The molecule has 158 valence electrons. The van der Waals surface area contributed by atoms with Crippen LogP contribution in [0.5, 0.6) is 5.75 Å². The maximum Gasteiger partial charge on any atom is 0.300 e. The monoisotopic (exact) mass is 437 g/mol. The molecule has 1 atom stereocenters. The zero-order chi connectivity index (χ0) is 22.3. The van der Waals surface area contributed by atoms with Gasteiger partial charge in [-0.15, -0.1) is 0 Å². The van der Waals surface area contributed by atoms with Crippen LogP contribution < -0.4 is 9.64 Å². The maximum atomic E-state index is 13.1. The summed E-state index contributed by atoms with van der Waals surface area (Å²) < 4.78 is 11.0. The first-order valence-corrected chi connectivity index (χ1v) is 9.97. The number of carbonyl (C=O) groups is 2. The van der Waals surface area contributed by atoms with Crippen molar-refractivity contribution >= 4 is 34.7 Å². The molecule has 0 bridgehead atoms. The van der Waals surface area contributed by atoms with Crippen molar-refractivity contribution in [2.45, 2.75) is 19.9 Å². The number of carbonyl (C=O) groups excluding carboxylic acids is 2. The van der Waals surface area contributed by atoms with Crippen LogP contribution in [0.1, 0.15) is 28.7 Å². The first kappa shape index (κ1) is 20.8. The second-order valence-corrected chi connectivity index (χ2v) is 7.71. The van der Waals surface area contributed by atoms with E-state index in [4.69, 9.17) is 20.8 Å². The standard InChI is InChI=1S/C24H20ClNO5/c1-13-12-17(30-3)9-10-18(13)22(27)20-21(19-11-4-14(2)31-19)26(24(29)23(20)28)16-7-5-15(25)6-8-16/h4-12,21,27H,1-3H3/b22-20-. The molecule has 2 aromatic carbocycles. The Morgan fingerprint density at radius 2 is 1.77 bits per heavy atom. The van der Waals surface area contributed by atoms with Crippen LogP contribution in [0, 0.1) is 13.8 Å². The molecular formula is C24H20ClNO5. The summed E-state index contributed by atoms with van der Waals surface area (Å²) in [4.78, 5) is 27.5. The van der Waals surface area contributed by atoms with E-state index in [9.17, 15) is 14.7 Å². The molecule has 1 saturated heterocycles. The Kier molecular flexibility index (Phi) is 5.33. The average Bonchev–Trinajstić information content (AvgIpc) is 3.29. The van der Waals surface area contributed by atoms with Gasteiger partial charge >= 0.3 is 0 Å². The first-order valence-electron chi connectivity index (χ1n) is 9.59. The van der Waals surface area contributed by atoms with Gasteiger partial charge in [0.25, 0.3) is 11.7 Å². The zero-order valence-corrected chi connectivity index (χ0v) is 17.9. The van der Waals surface area contributed by atoms with Crippen LogP contribution in [0.2, 0.25) is 5.02 Å². The lowest BCUT2D eigenvalue weighted by molar-refractivity contribution is -0.132. The molecular weight excluding hydrogens is 418 g/mol. The van der Waals surface area contributed by atoms with Crippen LogP contribution in [0.4, 0.5) is 5.69 Å². The van der Waals surface area contributed by atoms with E-state index >= 15 is 0 Å². The molecule has 1 fully saturated rings. The van der Waals surface area contributed by atoms with Gasteiger partial charge < -0.3 is 14.3 Å². The van der Waals surface area contributed by atoms with Crippen LogP contribution in [0.3, 0.4) is 0 Å². The van der Waals surface area contributed by atoms with Crippen LogP contribution in [-0.2, 0) is 9.59 Å². The van der Waals surface area contributed by atoms with Crippen LogP contribution >= 0.6 is 11.6 Å². The predicted octanol–water partition coefficient (Wildman–Crippen LogP) is 5.18. The molecule has 3 aromatic rings. The molecule has 0 saturated carbocycles. The van der Waals surface area contributed by atoms with E-state index in [1.54, 1.807) is 75.6 Å². The van der Waals surface area contributed by atoms with E-state index in [2.05, 4.69) is 0 Å². The van der Waals surface area contributed by atoms with Crippen LogP contribution in [-0.4, -0.2) is 23.9 Å². The molecule has 31 heavy (non-hydrogen) atoms. The van der Waals surface area contributed by atoms with Gasteiger partial charge in [-0.1, -0.05) is 11.6 Å². The highest BCUT2D eigenvalue weighted by molar-refractivity contribution is 6.51. The normalized spacial score (nSPS) is 17.9. The zero-order valence-electron chi connectivity index (χ0n) is 17.2. The number of Topliss-reactive ketones (excluding diaryl/α,β-unsaturated/α-hetero) is 1. The number of aliphatic hydroxyl groups excluding tert-OH is 1. The molecule has 1 N–H and O–H groups in total. The molecule has 1 unspecified atom stereocenters. The largest absolute Gasteiger partial charge is 0.507 e. The number of hydrogen-bond donors (Lipinski definition) is 1. The van der Waals surface area contributed by atoms with E-state index < -0.39 is 17.7 Å². The SMILES string of the molecule is COc1ccc(/C(O)=C2/C(=O)C(=O)N(c3ccc(Cl)cc3)C2c2ccc(C)o2)c(C)c1. The third-order valence-electron chi connectivity index (χ3n) is 5.27. The molecule has 0 spiro atoms. The predicted molar refractivity (Wildman–Crippen MR) is 117 cm³/mol. The number of halogens is 1. The molecule has 4 rings (SSSR count). The van der Waals surface area contributed by atoms with Gasteiger partial charge in [-0.3, -0.25) is 14.5 Å². The molecule has 2 heterocycles. The van der Waals surface area contributed by atoms with Crippen molar-refractivity contribution in [2.24, 2.45) is 0 Å². The number of aryl methyl sites for hydroxylation is 2. The van der Waals surface area contributed by atoms with Crippen molar-refractivity contribution in [1.82, 2.24) is 0 Å². The highest BCUT2D eigenvalue weighted by Crippen LogP contribution is 2.43. The number of rotatable bonds is 4. The smallest absolute Gasteiger partial charge is 0.300 e. The van der Waals surface area contributed by atoms with Crippen molar-refractivity contribution in [1.29, 1.82) is 0 Å². The van der Waals surface area contributed by atoms with Crippen molar-refractivity contribution in [3.63, 3.8) is 0 Å². The minimum absolute atomic E-state index is 0.0393. The number of methoxy groups -OCH3 is 1. The number of benzene rings is 2. The van der Waals surface area contributed by atoms with Gasteiger partial charge in [0.1, 0.15) is 29.1 Å². The lowest BCUT2D eigenvalue weighted by Gasteiger charge is -2.23. The Bertz CT molecular complexity index is 1210. The molecule has 1 aromatic heterocycles. The average molecular weight is 438 g/mol. The number of aliphatic hydroxyl groups is 1. The number of hydrogen-bond acceptors (Lipinski definition) is 5. The minimum Gasteiger partial charge on any atom is -0.507 e. The van der Waals surface area contributed by atoms with Crippen molar-refractivity contribution in [3.05, 3.63) is 87.8 Å². The van der Waals surface area contributed by atoms with Crippen molar-refractivity contribution in [2.75, 3.05) is 12.0 Å². The van der Waals surface area contributed by atoms with Gasteiger partial charge in [-0.2, -0.15) is 0 Å². The summed E-state index contributed by atoms with van der Waals surface area (Å²) in [6.07, 6.45) is 0. The van der Waals surface area contributed by atoms with E-state index in [1.165, 1.54) is 4.90 Å². The first-order chi connectivity index (χ1) is 14.8. The fourth-order valence-electron chi connectivity index (χ4n) is 3.74. The number of nitrogens with zero attached hydrogens (tertiary/aromatic N) is 1. The van der Waals surface area contributed by atoms with Crippen molar-refractivity contribution < 1.29 is 23.8 Å². The summed E-state index contributed by atoms with van der Waals surface area (Å²) in [5.74, 6) is -0.199. The Morgan fingerprint density at radius 1 is 1.06 bits per heavy atom. The van der Waals surface area contributed by atoms with E-state index in [0.29, 0.717) is 39.1 Å². The summed E-state index contributed by atoms with van der Waals surface area (Å²) in [7, 11) is 1.55. The molecule has 1 aliphatic rings. The molecule has 0 aliphatic carbocycles. The number of ketones is 1. The fourth-order valence-corrected chi connectivity index (χ4v) is 3.87. The Morgan fingerprint density at radius 3 is 2.35 bits per heavy atom. The van der Waals surface area contributed by atoms with E-state index in [-0.39, 0.29) is 11.3 Å². The molecule has 0 radical (unpaired) electrons. The lowest BCUT2D eigenvalue weighted by atomic mass is 9.97. The second-order valence-electron chi connectivity index (χ2n) is 7.27. The quantitative estimate of drug-likeness (QED) is 0.345. The molecule has 1 amide bonds. The topological polar surface area (TPSA) is 80.0 Å². The number of amides is 1. The van der Waals surface area contributed by atoms with Gasteiger partial charge in [0.2, 0.25) is 0 Å². The molecule has 1 aliphatic heterocycles. The number of anilines is 1. The van der Waals surface area contributed by atoms with Crippen molar-refractivity contribution in [3.8, 4) is 5.75 Å². The highest BCUT2D eigenvalue weighted by Gasteiger charge is 2.48. The molecule has 7 heteroatoms. The Balaban J connectivity index is 1.93. The fraction of sp³-hybridized carbons (Fsp3) is 0.167. The number of furan rings is 1. The third-order valence-corrected chi connectivity index (χ3v) is 5.52.